The van der Waals surface area contributed by atoms with E-state index < -0.39 is 0 Å². The smallest absolute Gasteiger partial charge is 0.158 e. The first-order valence-electron chi connectivity index (χ1n) is 5.87. The minimum atomic E-state index is 0.859. The van der Waals surface area contributed by atoms with Gasteiger partial charge in [0.15, 0.2) is 5.65 Å². The van der Waals surface area contributed by atoms with Crippen LogP contribution in [0.1, 0.15) is 31.4 Å². The molecule has 2 heterocycles. The Hall–Kier alpha value is -1.42. The average Bonchev–Trinajstić information content (AvgIpc) is 2.71. The minimum absolute atomic E-state index is 0.859. The topological polar surface area (TPSA) is 42.2 Å². The van der Waals surface area contributed by atoms with Crippen LogP contribution in [-0.4, -0.2) is 21.1 Å². The molecule has 16 heavy (non-hydrogen) atoms. The Morgan fingerprint density at radius 2 is 2.19 bits per heavy atom. The molecule has 0 unspecified atom stereocenters. The van der Waals surface area contributed by atoms with Gasteiger partial charge in [-0.1, -0.05) is 13.8 Å². The molecule has 2 aromatic rings. The first kappa shape index (κ1) is 11.1. The Morgan fingerprint density at radius 1 is 1.31 bits per heavy atom. The first-order chi connectivity index (χ1) is 7.85. The van der Waals surface area contributed by atoms with Crippen molar-refractivity contribution in [1.82, 2.24) is 19.9 Å². The Kier molecular flexibility index (Phi) is 3.51. The van der Waals surface area contributed by atoms with Gasteiger partial charge in [-0.25, -0.2) is 9.50 Å². The number of nitrogens with one attached hydrogen (secondary N) is 1. The molecule has 0 spiro atoms. The summed E-state index contributed by atoms with van der Waals surface area (Å²) in [4.78, 5) is 4.45. The maximum atomic E-state index is 4.45. The van der Waals surface area contributed by atoms with E-state index in [0.717, 1.165) is 31.6 Å². The van der Waals surface area contributed by atoms with Gasteiger partial charge in [0.25, 0.3) is 0 Å². The van der Waals surface area contributed by atoms with Crippen molar-refractivity contribution in [2.24, 2.45) is 0 Å². The van der Waals surface area contributed by atoms with E-state index in [4.69, 9.17) is 0 Å². The van der Waals surface area contributed by atoms with Gasteiger partial charge in [-0.15, -0.1) is 0 Å². The van der Waals surface area contributed by atoms with Gasteiger partial charge in [0, 0.05) is 30.1 Å². The number of rotatable bonds is 5. The molecule has 2 aromatic heterocycles. The molecule has 0 radical (unpaired) electrons. The zero-order valence-electron chi connectivity index (χ0n) is 9.90. The molecule has 0 fully saturated rings. The van der Waals surface area contributed by atoms with E-state index in [1.165, 1.54) is 11.1 Å². The molecular weight excluding hydrogens is 200 g/mol. The van der Waals surface area contributed by atoms with Gasteiger partial charge in [0.2, 0.25) is 0 Å². The SMILES string of the molecule is CCCNCc1cnc2c(CC)cnn2c1. The molecule has 0 atom stereocenters. The lowest BCUT2D eigenvalue weighted by atomic mass is 10.2. The van der Waals surface area contributed by atoms with E-state index in [-0.39, 0.29) is 0 Å². The van der Waals surface area contributed by atoms with Crippen LogP contribution in [0.25, 0.3) is 5.65 Å². The van der Waals surface area contributed by atoms with Gasteiger partial charge in [0.1, 0.15) is 0 Å². The van der Waals surface area contributed by atoms with Crippen molar-refractivity contribution in [3.63, 3.8) is 0 Å². The summed E-state index contributed by atoms with van der Waals surface area (Å²) in [5.41, 5.74) is 3.35. The molecular formula is C12H18N4. The second-order valence-electron chi connectivity index (χ2n) is 3.93. The minimum Gasteiger partial charge on any atom is -0.313 e. The van der Waals surface area contributed by atoms with Gasteiger partial charge in [-0.05, 0) is 19.4 Å². The molecule has 0 aliphatic rings. The van der Waals surface area contributed by atoms with Crippen LogP contribution in [0.15, 0.2) is 18.6 Å². The van der Waals surface area contributed by atoms with Gasteiger partial charge >= 0.3 is 0 Å². The van der Waals surface area contributed by atoms with Crippen LogP contribution in [0.3, 0.4) is 0 Å². The van der Waals surface area contributed by atoms with Crippen LogP contribution < -0.4 is 5.32 Å². The lowest BCUT2D eigenvalue weighted by Crippen LogP contribution is -2.14. The summed E-state index contributed by atoms with van der Waals surface area (Å²) in [6.45, 7) is 6.18. The quantitative estimate of drug-likeness (QED) is 0.778. The molecule has 0 bridgehead atoms. The van der Waals surface area contributed by atoms with Crippen molar-refractivity contribution < 1.29 is 0 Å². The van der Waals surface area contributed by atoms with E-state index >= 15 is 0 Å². The number of fused-ring (bicyclic) bond motifs is 1. The monoisotopic (exact) mass is 218 g/mol. The largest absolute Gasteiger partial charge is 0.313 e. The van der Waals surface area contributed by atoms with Crippen molar-refractivity contribution in [3.05, 3.63) is 29.7 Å². The predicted molar refractivity (Wildman–Crippen MR) is 64.4 cm³/mol. The summed E-state index contributed by atoms with van der Waals surface area (Å²) in [5, 5.41) is 7.66. The van der Waals surface area contributed by atoms with Crippen molar-refractivity contribution in [2.75, 3.05) is 6.54 Å². The van der Waals surface area contributed by atoms with Crippen LogP contribution in [-0.2, 0) is 13.0 Å². The fourth-order valence-electron chi connectivity index (χ4n) is 1.71. The van der Waals surface area contributed by atoms with E-state index in [1.54, 1.807) is 0 Å². The molecule has 0 saturated heterocycles. The first-order valence-corrected chi connectivity index (χ1v) is 5.87. The summed E-state index contributed by atoms with van der Waals surface area (Å²) in [6, 6.07) is 0. The summed E-state index contributed by atoms with van der Waals surface area (Å²) >= 11 is 0. The molecule has 86 valence electrons. The number of hydrogen-bond acceptors (Lipinski definition) is 3. The molecule has 2 rings (SSSR count). The van der Waals surface area contributed by atoms with Gasteiger partial charge in [-0.3, -0.25) is 0 Å². The summed E-state index contributed by atoms with van der Waals surface area (Å²) < 4.78 is 1.86. The molecule has 1 N–H and O–H groups in total. The molecule has 0 aromatic carbocycles. The summed E-state index contributed by atoms with van der Waals surface area (Å²) in [6.07, 6.45) is 8.00. The number of nitrogens with zero attached hydrogens (tertiary/aromatic N) is 3. The highest BCUT2D eigenvalue weighted by Gasteiger charge is 2.03. The van der Waals surface area contributed by atoms with Crippen LogP contribution >= 0.6 is 0 Å². The normalized spacial score (nSPS) is 11.1. The van der Waals surface area contributed by atoms with Crippen molar-refractivity contribution >= 4 is 5.65 Å². The van der Waals surface area contributed by atoms with E-state index in [0.29, 0.717) is 0 Å². The maximum Gasteiger partial charge on any atom is 0.158 e. The molecule has 0 aliphatic carbocycles. The highest BCUT2D eigenvalue weighted by molar-refractivity contribution is 5.46. The Bertz CT molecular complexity index is 461. The van der Waals surface area contributed by atoms with Crippen molar-refractivity contribution in [1.29, 1.82) is 0 Å². The number of aryl methyl sites for hydroxylation is 1. The van der Waals surface area contributed by atoms with Gasteiger partial charge < -0.3 is 5.32 Å². The zero-order chi connectivity index (χ0) is 11.4. The van der Waals surface area contributed by atoms with Crippen LogP contribution in [0.4, 0.5) is 0 Å². The molecule has 4 heteroatoms. The Labute approximate surface area is 95.7 Å². The van der Waals surface area contributed by atoms with Crippen molar-refractivity contribution in [2.45, 2.75) is 33.2 Å². The van der Waals surface area contributed by atoms with Crippen LogP contribution in [0.2, 0.25) is 0 Å². The lowest BCUT2D eigenvalue weighted by molar-refractivity contribution is 0.669. The predicted octanol–water partition coefficient (Wildman–Crippen LogP) is 1.79. The third-order valence-corrected chi connectivity index (χ3v) is 2.62. The van der Waals surface area contributed by atoms with Crippen LogP contribution in [0, 0.1) is 0 Å². The third kappa shape index (κ3) is 2.22. The lowest BCUT2D eigenvalue weighted by Gasteiger charge is -2.03. The Morgan fingerprint density at radius 3 is 2.94 bits per heavy atom. The molecule has 0 aliphatic heterocycles. The van der Waals surface area contributed by atoms with E-state index in [9.17, 15) is 0 Å². The Balaban J connectivity index is 2.17. The number of aromatic nitrogens is 3. The fraction of sp³-hybridized carbons (Fsp3) is 0.500. The molecule has 4 nitrogen and oxygen atoms in total. The summed E-state index contributed by atoms with van der Waals surface area (Å²) in [5.74, 6) is 0. The fourth-order valence-corrected chi connectivity index (χ4v) is 1.71. The third-order valence-electron chi connectivity index (χ3n) is 2.62. The molecule has 0 amide bonds. The maximum absolute atomic E-state index is 4.45. The van der Waals surface area contributed by atoms with Crippen molar-refractivity contribution in [3.8, 4) is 0 Å². The second-order valence-corrected chi connectivity index (χ2v) is 3.93. The van der Waals surface area contributed by atoms with Crippen LogP contribution in [0.5, 0.6) is 0 Å². The van der Waals surface area contributed by atoms with E-state index in [1.807, 2.05) is 23.1 Å². The average molecular weight is 218 g/mol. The molecule has 0 saturated carbocycles. The zero-order valence-corrected chi connectivity index (χ0v) is 9.90. The summed E-state index contributed by atoms with van der Waals surface area (Å²) in [7, 11) is 0. The highest BCUT2D eigenvalue weighted by atomic mass is 15.2. The second kappa shape index (κ2) is 5.07. The standard InChI is InChI=1S/C12H18N4/c1-3-5-13-6-10-7-14-12-11(4-2)8-15-16(12)9-10/h7-9,13H,3-6H2,1-2H3. The van der Waals surface area contributed by atoms with Gasteiger partial charge in [0.05, 0.1) is 6.20 Å². The number of hydrogen-bond donors (Lipinski definition) is 1. The van der Waals surface area contributed by atoms with Gasteiger partial charge in [-0.2, -0.15) is 5.10 Å². The van der Waals surface area contributed by atoms with E-state index in [2.05, 4.69) is 29.2 Å². The highest BCUT2D eigenvalue weighted by Crippen LogP contribution is 2.09.